The van der Waals surface area contributed by atoms with Crippen LogP contribution in [-0.4, -0.2) is 37.0 Å². The Morgan fingerprint density at radius 2 is 2.04 bits per heavy atom. The summed E-state index contributed by atoms with van der Waals surface area (Å²) in [6, 6.07) is 10.3. The van der Waals surface area contributed by atoms with Crippen molar-refractivity contribution in [3.05, 3.63) is 50.6 Å². The van der Waals surface area contributed by atoms with Gasteiger partial charge in [0.1, 0.15) is 11.8 Å². The highest BCUT2D eigenvalue weighted by Gasteiger charge is 2.22. The third kappa shape index (κ3) is 6.03. The van der Waals surface area contributed by atoms with Crippen LogP contribution < -0.4 is 15.4 Å². The Kier molecular flexibility index (Phi) is 8.47. The van der Waals surface area contributed by atoms with Gasteiger partial charge in [0.15, 0.2) is 0 Å². The number of benzene rings is 1. The molecule has 1 atom stereocenters. The van der Waals surface area contributed by atoms with Gasteiger partial charge in [-0.1, -0.05) is 12.1 Å². The van der Waals surface area contributed by atoms with Crippen molar-refractivity contribution >= 4 is 50.8 Å². The highest BCUT2D eigenvalue weighted by Crippen LogP contribution is 2.22. The molecule has 140 valence electrons. The van der Waals surface area contributed by atoms with Crippen molar-refractivity contribution in [1.29, 1.82) is 0 Å². The van der Waals surface area contributed by atoms with E-state index in [-0.39, 0.29) is 11.8 Å². The summed E-state index contributed by atoms with van der Waals surface area (Å²) >= 11 is 6.61. The molecule has 2 rings (SSSR count). The van der Waals surface area contributed by atoms with Crippen LogP contribution in [0.5, 0.6) is 5.75 Å². The highest BCUT2D eigenvalue weighted by molar-refractivity contribution is 9.11. The SMILES string of the molecule is COc1ccccc1C(=O)NC(CCSC)C(=O)NCc1ccc(Br)s1. The molecule has 0 saturated heterocycles. The summed E-state index contributed by atoms with van der Waals surface area (Å²) in [5.74, 6) is 0.751. The molecule has 0 aliphatic carbocycles. The number of hydrogen-bond donors (Lipinski definition) is 2. The Bertz CT molecular complexity index is 752. The van der Waals surface area contributed by atoms with Gasteiger partial charge in [-0.2, -0.15) is 11.8 Å². The van der Waals surface area contributed by atoms with Crippen LogP contribution in [0.1, 0.15) is 21.7 Å². The lowest BCUT2D eigenvalue weighted by Crippen LogP contribution is -2.46. The van der Waals surface area contributed by atoms with Crippen LogP contribution in [0.25, 0.3) is 0 Å². The first-order valence-electron chi connectivity index (χ1n) is 8.00. The number of amides is 2. The molecule has 0 spiro atoms. The molecule has 0 saturated carbocycles. The van der Waals surface area contributed by atoms with Crippen LogP contribution in [0.4, 0.5) is 0 Å². The van der Waals surface area contributed by atoms with E-state index in [0.29, 0.717) is 24.3 Å². The van der Waals surface area contributed by atoms with Crippen LogP contribution in [-0.2, 0) is 11.3 Å². The van der Waals surface area contributed by atoms with E-state index in [1.807, 2.05) is 18.4 Å². The molecule has 0 aliphatic rings. The Hall–Kier alpha value is -1.51. The van der Waals surface area contributed by atoms with Gasteiger partial charge in [0.25, 0.3) is 5.91 Å². The number of para-hydroxylation sites is 1. The molecule has 1 aromatic carbocycles. The second kappa shape index (κ2) is 10.6. The first kappa shape index (κ1) is 20.8. The van der Waals surface area contributed by atoms with Crippen LogP contribution in [0.3, 0.4) is 0 Å². The van der Waals surface area contributed by atoms with E-state index in [1.165, 1.54) is 7.11 Å². The number of nitrogens with one attached hydrogen (secondary N) is 2. The average Bonchev–Trinajstić information content (AvgIpc) is 3.08. The van der Waals surface area contributed by atoms with E-state index >= 15 is 0 Å². The number of carbonyl (C=O) groups is 2. The maximum atomic E-state index is 12.6. The molecule has 0 bridgehead atoms. The second-order valence-electron chi connectivity index (χ2n) is 5.43. The van der Waals surface area contributed by atoms with Crippen molar-refractivity contribution in [1.82, 2.24) is 10.6 Å². The molecule has 1 aromatic heterocycles. The third-order valence-corrected chi connectivity index (χ3v) is 5.92. The summed E-state index contributed by atoms with van der Waals surface area (Å²) in [6.45, 7) is 0.440. The third-order valence-electron chi connectivity index (χ3n) is 3.65. The molecule has 2 amide bonds. The largest absolute Gasteiger partial charge is 0.496 e. The summed E-state index contributed by atoms with van der Waals surface area (Å²) < 4.78 is 6.25. The first-order valence-corrected chi connectivity index (χ1v) is 11.0. The molecular formula is C18H21BrN2O3S2. The quantitative estimate of drug-likeness (QED) is 0.603. The van der Waals surface area contributed by atoms with Crippen LogP contribution in [0.2, 0.25) is 0 Å². The molecule has 1 heterocycles. The van der Waals surface area contributed by atoms with E-state index in [9.17, 15) is 9.59 Å². The van der Waals surface area contributed by atoms with E-state index in [0.717, 1.165) is 14.4 Å². The van der Waals surface area contributed by atoms with Crippen molar-refractivity contribution in [3.63, 3.8) is 0 Å². The minimum atomic E-state index is -0.594. The Morgan fingerprint density at radius 3 is 2.69 bits per heavy atom. The van der Waals surface area contributed by atoms with Crippen LogP contribution in [0, 0.1) is 0 Å². The predicted molar refractivity (Wildman–Crippen MR) is 111 cm³/mol. The molecule has 2 aromatic rings. The number of thioether (sulfide) groups is 1. The van der Waals surface area contributed by atoms with Gasteiger partial charge < -0.3 is 15.4 Å². The standard InChI is InChI=1S/C18H21BrN2O3S2/c1-24-15-6-4-3-5-13(15)17(22)21-14(9-10-25-2)18(23)20-11-12-7-8-16(19)26-12/h3-8,14H,9-11H2,1-2H3,(H,20,23)(H,21,22). The minimum Gasteiger partial charge on any atom is -0.496 e. The lowest BCUT2D eigenvalue weighted by Gasteiger charge is -2.18. The summed E-state index contributed by atoms with van der Waals surface area (Å²) in [5.41, 5.74) is 0.416. The molecule has 8 heteroatoms. The molecule has 1 unspecified atom stereocenters. The number of hydrogen-bond acceptors (Lipinski definition) is 5. The molecule has 0 aliphatic heterocycles. The van der Waals surface area contributed by atoms with Crippen molar-refractivity contribution in [2.75, 3.05) is 19.1 Å². The predicted octanol–water partition coefficient (Wildman–Crippen LogP) is 3.69. The van der Waals surface area contributed by atoms with Gasteiger partial charge >= 0.3 is 0 Å². The molecule has 0 fully saturated rings. The Labute approximate surface area is 170 Å². The van der Waals surface area contributed by atoms with Gasteiger partial charge in [0.2, 0.25) is 5.91 Å². The Balaban J connectivity index is 2.03. The number of thiophene rings is 1. The van der Waals surface area contributed by atoms with Crippen molar-refractivity contribution < 1.29 is 14.3 Å². The fraction of sp³-hybridized carbons (Fsp3) is 0.333. The lowest BCUT2D eigenvalue weighted by atomic mass is 10.1. The van der Waals surface area contributed by atoms with Crippen molar-refractivity contribution in [2.45, 2.75) is 19.0 Å². The van der Waals surface area contributed by atoms with Crippen LogP contribution >= 0.6 is 39.0 Å². The molecule has 5 nitrogen and oxygen atoms in total. The maximum absolute atomic E-state index is 12.6. The number of ether oxygens (including phenoxy) is 1. The lowest BCUT2D eigenvalue weighted by molar-refractivity contribution is -0.123. The zero-order chi connectivity index (χ0) is 18.9. The summed E-state index contributed by atoms with van der Waals surface area (Å²) in [5, 5.41) is 5.74. The fourth-order valence-corrected chi connectivity index (χ4v) is 4.21. The summed E-state index contributed by atoms with van der Waals surface area (Å²) in [7, 11) is 1.52. The smallest absolute Gasteiger partial charge is 0.255 e. The Morgan fingerprint density at radius 1 is 1.27 bits per heavy atom. The van der Waals surface area contributed by atoms with Crippen LogP contribution in [0.15, 0.2) is 40.2 Å². The monoisotopic (exact) mass is 456 g/mol. The number of halogens is 1. The highest BCUT2D eigenvalue weighted by atomic mass is 79.9. The van der Waals surface area contributed by atoms with Gasteiger partial charge in [-0.15, -0.1) is 11.3 Å². The first-order chi connectivity index (χ1) is 12.5. The summed E-state index contributed by atoms with van der Waals surface area (Å²) in [4.78, 5) is 26.2. The number of rotatable bonds is 9. The number of methoxy groups -OCH3 is 1. The molecule has 0 radical (unpaired) electrons. The molecular weight excluding hydrogens is 436 g/mol. The molecule has 26 heavy (non-hydrogen) atoms. The van der Waals surface area contributed by atoms with E-state index in [4.69, 9.17) is 4.74 Å². The average molecular weight is 457 g/mol. The van der Waals surface area contributed by atoms with E-state index < -0.39 is 6.04 Å². The molecule has 2 N–H and O–H groups in total. The summed E-state index contributed by atoms with van der Waals surface area (Å²) in [6.07, 6.45) is 2.53. The maximum Gasteiger partial charge on any atom is 0.255 e. The second-order valence-corrected chi connectivity index (χ2v) is 8.96. The zero-order valence-electron chi connectivity index (χ0n) is 14.6. The zero-order valence-corrected chi connectivity index (χ0v) is 17.8. The fourth-order valence-electron chi connectivity index (χ4n) is 2.32. The van der Waals surface area contributed by atoms with Gasteiger partial charge in [0.05, 0.1) is 23.0 Å². The number of carbonyl (C=O) groups excluding carboxylic acids is 2. The minimum absolute atomic E-state index is 0.188. The van der Waals surface area contributed by atoms with E-state index in [2.05, 4.69) is 26.6 Å². The van der Waals surface area contributed by atoms with Gasteiger partial charge in [-0.25, -0.2) is 0 Å². The van der Waals surface area contributed by atoms with Crippen molar-refractivity contribution in [3.8, 4) is 5.75 Å². The normalized spacial score (nSPS) is 11.7. The topological polar surface area (TPSA) is 67.4 Å². The van der Waals surface area contributed by atoms with Gasteiger partial charge in [-0.05, 0) is 58.6 Å². The van der Waals surface area contributed by atoms with Gasteiger partial charge in [0, 0.05) is 4.88 Å². The van der Waals surface area contributed by atoms with Gasteiger partial charge in [-0.3, -0.25) is 9.59 Å². The van der Waals surface area contributed by atoms with Crippen molar-refractivity contribution in [2.24, 2.45) is 0 Å². The van der Waals surface area contributed by atoms with E-state index in [1.54, 1.807) is 47.4 Å².